The number of rotatable bonds is 7. The van der Waals surface area contributed by atoms with Crippen molar-refractivity contribution in [3.8, 4) is 0 Å². The number of nitrogens with zero attached hydrogens (tertiary/aromatic N) is 1. The zero-order valence-electron chi connectivity index (χ0n) is 21.7. The van der Waals surface area contributed by atoms with Gasteiger partial charge in [-0.1, -0.05) is 35.9 Å². The van der Waals surface area contributed by atoms with Crippen molar-refractivity contribution in [2.45, 2.75) is 65.4 Å². The lowest BCUT2D eigenvalue weighted by molar-refractivity contribution is -0.143. The van der Waals surface area contributed by atoms with E-state index in [1.807, 2.05) is 57.2 Å². The zero-order valence-corrected chi connectivity index (χ0v) is 22.5. The third kappa shape index (κ3) is 5.22. The van der Waals surface area contributed by atoms with Crippen molar-refractivity contribution in [1.29, 1.82) is 0 Å². The molecule has 2 aliphatic rings. The van der Waals surface area contributed by atoms with Gasteiger partial charge in [-0.15, -0.1) is 0 Å². The summed E-state index contributed by atoms with van der Waals surface area (Å²) in [7, 11) is 0. The fraction of sp³-hybridized carbons (Fsp3) is 0.400. The van der Waals surface area contributed by atoms with Gasteiger partial charge < -0.3 is 15.0 Å². The first kappa shape index (κ1) is 26.0. The predicted molar refractivity (Wildman–Crippen MR) is 145 cm³/mol. The second-order valence-electron chi connectivity index (χ2n) is 9.79. The summed E-state index contributed by atoms with van der Waals surface area (Å²) in [5, 5.41) is 4.09. The molecule has 1 N–H and O–H groups in total. The van der Waals surface area contributed by atoms with Gasteiger partial charge in [0.15, 0.2) is 5.78 Å². The maximum Gasteiger partial charge on any atom is 0.337 e. The highest BCUT2D eigenvalue weighted by molar-refractivity contribution is 6.30. The standard InChI is InChI=1S/C30H35ClN2O3/c1-6-33(7-2)24-14-10-21(11-15-24)28-27(30(35)36-18(3)4)19(5)32-25-16-22(17-26(34)29(25)28)20-8-12-23(31)13-9-20/h8-15,18,22,28,32H,6-7,16-17H2,1-5H3/t22-,28+/m1/s1. The van der Waals surface area contributed by atoms with Crippen molar-refractivity contribution in [3.05, 3.63) is 87.2 Å². The van der Waals surface area contributed by atoms with E-state index < -0.39 is 5.92 Å². The third-order valence-corrected chi connectivity index (χ3v) is 7.34. The summed E-state index contributed by atoms with van der Waals surface area (Å²) < 4.78 is 5.63. The van der Waals surface area contributed by atoms with E-state index >= 15 is 0 Å². The molecule has 6 heteroatoms. The van der Waals surface area contributed by atoms with E-state index in [1.165, 1.54) is 0 Å². The number of hydrogen-bond donors (Lipinski definition) is 1. The smallest absolute Gasteiger partial charge is 0.337 e. The summed E-state index contributed by atoms with van der Waals surface area (Å²) in [5.41, 5.74) is 5.95. The Kier molecular flexibility index (Phi) is 7.89. The molecule has 190 valence electrons. The minimum atomic E-state index is -0.461. The summed E-state index contributed by atoms with van der Waals surface area (Å²) in [6.45, 7) is 11.7. The van der Waals surface area contributed by atoms with Gasteiger partial charge in [-0.05, 0) is 82.3 Å². The van der Waals surface area contributed by atoms with Crippen molar-refractivity contribution in [2.75, 3.05) is 18.0 Å². The predicted octanol–water partition coefficient (Wildman–Crippen LogP) is 6.50. The van der Waals surface area contributed by atoms with Crippen LogP contribution in [-0.4, -0.2) is 30.9 Å². The Labute approximate surface area is 219 Å². The van der Waals surface area contributed by atoms with E-state index in [-0.39, 0.29) is 23.8 Å². The highest BCUT2D eigenvalue weighted by Crippen LogP contribution is 2.46. The second kappa shape index (κ2) is 10.9. The Morgan fingerprint density at radius 3 is 2.22 bits per heavy atom. The Bertz CT molecular complexity index is 1190. The van der Waals surface area contributed by atoms with Crippen LogP contribution in [0.25, 0.3) is 0 Å². The molecule has 0 radical (unpaired) electrons. The van der Waals surface area contributed by atoms with Crippen LogP contribution in [0.5, 0.6) is 0 Å². The Balaban J connectivity index is 1.77. The van der Waals surface area contributed by atoms with Crippen molar-refractivity contribution in [3.63, 3.8) is 0 Å². The van der Waals surface area contributed by atoms with Crippen molar-refractivity contribution in [1.82, 2.24) is 5.32 Å². The number of anilines is 1. The summed E-state index contributed by atoms with van der Waals surface area (Å²) >= 11 is 6.09. The van der Waals surface area contributed by atoms with Crippen LogP contribution in [0.4, 0.5) is 5.69 Å². The number of carbonyl (C=O) groups is 2. The van der Waals surface area contributed by atoms with E-state index in [1.54, 1.807) is 0 Å². The number of carbonyl (C=O) groups excluding carboxylic acids is 2. The van der Waals surface area contributed by atoms with Gasteiger partial charge in [0.2, 0.25) is 0 Å². The molecule has 4 rings (SSSR count). The molecule has 2 aromatic rings. The molecule has 1 aliphatic carbocycles. The quantitative estimate of drug-likeness (QED) is 0.434. The minimum absolute atomic E-state index is 0.0590. The van der Waals surface area contributed by atoms with Gasteiger partial charge in [0, 0.05) is 53.1 Å². The maximum absolute atomic E-state index is 13.7. The van der Waals surface area contributed by atoms with Crippen LogP contribution >= 0.6 is 11.6 Å². The number of halogens is 1. The largest absolute Gasteiger partial charge is 0.460 e. The van der Waals surface area contributed by atoms with Crippen LogP contribution < -0.4 is 10.2 Å². The molecule has 5 nitrogen and oxygen atoms in total. The number of benzene rings is 2. The van der Waals surface area contributed by atoms with E-state index in [0.717, 1.165) is 41.3 Å². The van der Waals surface area contributed by atoms with Gasteiger partial charge >= 0.3 is 5.97 Å². The molecule has 2 aromatic carbocycles. The Morgan fingerprint density at radius 2 is 1.64 bits per heavy atom. The second-order valence-corrected chi connectivity index (χ2v) is 10.2. The summed E-state index contributed by atoms with van der Waals surface area (Å²) in [5.74, 6) is -0.726. The van der Waals surface area contributed by atoms with Crippen LogP contribution in [-0.2, 0) is 14.3 Å². The van der Waals surface area contributed by atoms with Crippen LogP contribution in [0, 0.1) is 0 Å². The number of ketones is 1. The minimum Gasteiger partial charge on any atom is -0.460 e. The third-order valence-electron chi connectivity index (χ3n) is 7.09. The normalized spacial score (nSPS) is 19.8. The molecule has 1 aliphatic heterocycles. The molecule has 0 aromatic heterocycles. The molecule has 0 saturated heterocycles. The molecule has 0 amide bonds. The van der Waals surface area contributed by atoms with Crippen LogP contribution in [0.1, 0.15) is 70.4 Å². The van der Waals surface area contributed by atoms with E-state index in [2.05, 4.69) is 36.2 Å². The van der Waals surface area contributed by atoms with Crippen molar-refractivity contribution < 1.29 is 14.3 Å². The number of ether oxygens (including phenoxy) is 1. The molecule has 36 heavy (non-hydrogen) atoms. The van der Waals surface area contributed by atoms with E-state index in [9.17, 15) is 9.59 Å². The molecule has 0 bridgehead atoms. The van der Waals surface area contributed by atoms with Gasteiger partial charge in [-0.2, -0.15) is 0 Å². The van der Waals surface area contributed by atoms with Gasteiger partial charge in [0.25, 0.3) is 0 Å². The summed E-state index contributed by atoms with van der Waals surface area (Å²) in [6.07, 6.45) is 0.831. The average Bonchev–Trinajstić information content (AvgIpc) is 2.84. The van der Waals surface area contributed by atoms with Crippen molar-refractivity contribution in [2.24, 2.45) is 0 Å². The molecule has 0 unspecified atom stereocenters. The fourth-order valence-corrected chi connectivity index (χ4v) is 5.48. The Hall–Kier alpha value is -3.05. The van der Waals surface area contributed by atoms with Gasteiger partial charge in [-0.25, -0.2) is 4.79 Å². The maximum atomic E-state index is 13.7. The number of dihydropyridines is 1. The molecule has 0 fully saturated rings. The lowest BCUT2D eigenvalue weighted by Gasteiger charge is -2.37. The van der Waals surface area contributed by atoms with Crippen LogP contribution in [0.3, 0.4) is 0 Å². The highest BCUT2D eigenvalue weighted by Gasteiger charge is 2.41. The first-order valence-electron chi connectivity index (χ1n) is 12.8. The van der Waals surface area contributed by atoms with Gasteiger partial charge in [0.1, 0.15) is 0 Å². The van der Waals surface area contributed by atoms with Crippen molar-refractivity contribution >= 4 is 29.0 Å². The van der Waals surface area contributed by atoms with Crippen LogP contribution in [0.2, 0.25) is 5.02 Å². The first-order valence-corrected chi connectivity index (χ1v) is 13.2. The fourth-order valence-electron chi connectivity index (χ4n) is 5.36. The van der Waals surface area contributed by atoms with Gasteiger partial charge in [0.05, 0.1) is 11.7 Å². The van der Waals surface area contributed by atoms with Gasteiger partial charge in [-0.3, -0.25) is 4.79 Å². The number of hydrogen-bond acceptors (Lipinski definition) is 5. The Morgan fingerprint density at radius 1 is 1.03 bits per heavy atom. The first-order chi connectivity index (χ1) is 17.2. The lowest BCUT2D eigenvalue weighted by Crippen LogP contribution is -2.36. The average molecular weight is 507 g/mol. The number of nitrogens with one attached hydrogen (secondary N) is 1. The molecule has 2 atom stereocenters. The number of esters is 1. The molecule has 1 heterocycles. The van der Waals surface area contributed by atoms with E-state index in [0.29, 0.717) is 29.0 Å². The highest BCUT2D eigenvalue weighted by atomic mass is 35.5. The zero-order chi connectivity index (χ0) is 26.0. The lowest BCUT2D eigenvalue weighted by atomic mass is 9.71. The summed E-state index contributed by atoms with van der Waals surface area (Å²) in [6, 6.07) is 16.0. The number of allylic oxidation sites excluding steroid dienone is 3. The molecule has 0 saturated carbocycles. The topological polar surface area (TPSA) is 58.6 Å². The monoisotopic (exact) mass is 506 g/mol. The molecular weight excluding hydrogens is 472 g/mol. The SMILES string of the molecule is CCN(CC)c1ccc([C@H]2C(C(=O)OC(C)C)=C(C)NC3=C2C(=O)C[C@H](c2ccc(Cl)cc2)C3)cc1. The number of Topliss-reactive ketones (excluding diaryl/α,β-unsaturated/α-hetero) is 1. The summed E-state index contributed by atoms with van der Waals surface area (Å²) in [4.78, 5) is 29.3. The molecular formula is C30H35ClN2O3. The van der Waals surface area contributed by atoms with Crippen LogP contribution in [0.15, 0.2) is 71.1 Å². The molecule has 0 spiro atoms. The van der Waals surface area contributed by atoms with E-state index in [4.69, 9.17) is 16.3 Å².